The van der Waals surface area contributed by atoms with Crippen LogP contribution in [-0.2, 0) is 11.2 Å². The Kier molecular flexibility index (Phi) is 4.02. The maximum absolute atomic E-state index is 11.9. The monoisotopic (exact) mass is 357 g/mol. The highest BCUT2D eigenvalue weighted by atomic mass is 79.9. The largest absolute Gasteiger partial charge is 0.493 e. The summed E-state index contributed by atoms with van der Waals surface area (Å²) in [7, 11) is 0. The summed E-state index contributed by atoms with van der Waals surface area (Å²) in [5.41, 5.74) is 1.85. The van der Waals surface area contributed by atoms with E-state index in [1.807, 2.05) is 42.5 Å². The van der Waals surface area contributed by atoms with Crippen LogP contribution in [-0.4, -0.2) is 16.0 Å². The number of azo groups is 1. The second-order valence-electron chi connectivity index (χ2n) is 4.74. The number of amides is 1. The lowest BCUT2D eigenvalue weighted by Crippen LogP contribution is -1.97. The van der Waals surface area contributed by atoms with Crippen LogP contribution >= 0.6 is 15.9 Å². The number of carbonyl (C=O) groups is 1. The van der Waals surface area contributed by atoms with Crippen LogP contribution in [0.15, 0.2) is 63.2 Å². The van der Waals surface area contributed by atoms with Crippen LogP contribution in [0.5, 0.6) is 5.88 Å². The van der Waals surface area contributed by atoms with Gasteiger partial charge in [0.2, 0.25) is 5.88 Å². The molecular formula is C16H12BrN3O2. The van der Waals surface area contributed by atoms with Gasteiger partial charge in [-0.25, -0.2) is 0 Å². The number of para-hydroxylation sites is 1. The number of halogens is 1. The van der Waals surface area contributed by atoms with Gasteiger partial charge in [-0.15, -0.1) is 10.2 Å². The Balaban J connectivity index is 1.85. The molecule has 6 heteroatoms. The maximum atomic E-state index is 11.9. The first kappa shape index (κ1) is 14.5. The molecule has 1 aromatic heterocycles. The van der Waals surface area contributed by atoms with Crippen molar-refractivity contribution in [2.45, 2.75) is 6.42 Å². The smallest absolute Gasteiger partial charge is 0.269 e. The number of nitrogens with zero attached hydrogens (tertiary/aromatic N) is 2. The third-order valence-corrected chi connectivity index (χ3v) is 3.86. The van der Waals surface area contributed by atoms with Crippen molar-refractivity contribution in [1.29, 1.82) is 0 Å². The molecule has 3 rings (SSSR count). The molecule has 2 N–H and O–H groups in total. The van der Waals surface area contributed by atoms with Crippen molar-refractivity contribution in [2.75, 3.05) is 0 Å². The summed E-state index contributed by atoms with van der Waals surface area (Å²) in [5.74, 6) is -0.479. The fourth-order valence-electron chi connectivity index (χ4n) is 2.17. The minimum Gasteiger partial charge on any atom is -0.493 e. The molecule has 0 aliphatic rings. The van der Waals surface area contributed by atoms with Crippen LogP contribution in [0.3, 0.4) is 0 Å². The number of carbonyl (C=O) groups excluding carboxylic acids is 1. The molecule has 2 aromatic carbocycles. The van der Waals surface area contributed by atoms with Crippen molar-refractivity contribution in [3.8, 4) is 5.88 Å². The predicted molar refractivity (Wildman–Crippen MR) is 87.3 cm³/mol. The fraction of sp³-hybridized carbons (Fsp3) is 0.0625. The summed E-state index contributed by atoms with van der Waals surface area (Å²) in [6.07, 6.45) is 0.178. The number of hydrogen-bond donors (Lipinski definition) is 2. The average molecular weight is 358 g/mol. The Hall–Kier alpha value is -2.47. The maximum Gasteiger partial charge on any atom is 0.269 e. The molecule has 0 aliphatic heterocycles. The first-order valence-electron chi connectivity index (χ1n) is 6.63. The standard InChI is InChI=1S/C16H12BrN3O2/c17-12-8-4-7-11-14(12)18-16(22)15(11)20-19-13(21)9-10-5-2-1-3-6-10/h1-8,18,22H,9H2. The van der Waals surface area contributed by atoms with Gasteiger partial charge in [0.1, 0.15) is 0 Å². The van der Waals surface area contributed by atoms with Gasteiger partial charge in [-0.1, -0.05) is 42.5 Å². The molecule has 0 aliphatic carbocycles. The van der Waals surface area contributed by atoms with Crippen LogP contribution < -0.4 is 0 Å². The van der Waals surface area contributed by atoms with Gasteiger partial charge in [0.05, 0.1) is 11.9 Å². The van der Waals surface area contributed by atoms with E-state index in [0.717, 1.165) is 10.0 Å². The molecule has 0 radical (unpaired) electrons. The average Bonchev–Trinajstić information content (AvgIpc) is 2.83. The normalized spacial score (nSPS) is 11.3. The van der Waals surface area contributed by atoms with Gasteiger partial charge in [0.15, 0.2) is 5.69 Å². The van der Waals surface area contributed by atoms with Gasteiger partial charge in [-0.2, -0.15) is 0 Å². The molecule has 0 saturated heterocycles. The second kappa shape index (κ2) is 6.11. The zero-order chi connectivity index (χ0) is 15.5. The van der Waals surface area contributed by atoms with Crippen LogP contribution in [0.2, 0.25) is 0 Å². The second-order valence-corrected chi connectivity index (χ2v) is 5.60. The minimum atomic E-state index is -0.366. The Morgan fingerprint density at radius 2 is 1.91 bits per heavy atom. The quantitative estimate of drug-likeness (QED) is 0.677. The molecule has 0 fully saturated rings. The Morgan fingerprint density at radius 3 is 2.68 bits per heavy atom. The zero-order valence-corrected chi connectivity index (χ0v) is 13.0. The number of aromatic hydroxyl groups is 1. The number of hydrogen-bond acceptors (Lipinski definition) is 3. The van der Waals surface area contributed by atoms with Crippen LogP contribution in [0.25, 0.3) is 10.9 Å². The number of fused-ring (bicyclic) bond motifs is 1. The Bertz CT molecular complexity index is 856. The predicted octanol–water partition coefficient (Wildman–Crippen LogP) is 4.49. The summed E-state index contributed by atoms with van der Waals surface area (Å²) in [6, 6.07) is 14.8. The van der Waals surface area contributed by atoms with Gasteiger partial charge in [0.25, 0.3) is 5.91 Å². The highest BCUT2D eigenvalue weighted by Crippen LogP contribution is 2.38. The number of aromatic amines is 1. The van der Waals surface area contributed by atoms with Crippen LogP contribution in [0.1, 0.15) is 5.56 Å². The first-order valence-corrected chi connectivity index (χ1v) is 7.42. The number of rotatable bonds is 3. The molecule has 1 amide bonds. The summed E-state index contributed by atoms with van der Waals surface area (Å²) >= 11 is 3.39. The number of aromatic nitrogens is 1. The lowest BCUT2D eigenvalue weighted by molar-refractivity contribution is -0.117. The van der Waals surface area contributed by atoms with Crippen molar-refractivity contribution >= 4 is 38.4 Å². The van der Waals surface area contributed by atoms with E-state index in [2.05, 4.69) is 31.1 Å². The third kappa shape index (κ3) is 2.92. The molecular weight excluding hydrogens is 346 g/mol. The summed E-state index contributed by atoms with van der Waals surface area (Å²) in [4.78, 5) is 14.7. The molecule has 0 unspecified atom stereocenters. The SMILES string of the molecule is O=C(Cc1ccccc1)N=Nc1c(O)[nH]c2c(Br)cccc12. The van der Waals surface area contributed by atoms with E-state index < -0.39 is 0 Å². The van der Waals surface area contributed by atoms with Gasteiger partial charge >= 0.3 is 0 Å². The van der Waals surface area contributed by atoms with E-state index in [1.165, 1.54) is 0 Å². The van der Waals surface area contributed by atoms with E-state index in [-0.39, 0.29) is 23.9 Å². The molecule has 110 valence electrons. The molecule has 3 aromatic rings. The minimum absolute atomic E-state index is 0.113. The van der Waals surface area contributed by atoms with Crippen LogP contribution in [0.4, 0.5) is 5.69 Å². The first-order chi connectivity index (χ1) is 10.6. The van der Waals surface area contributed by atoms with Gasteiger partial charge in [-0.05, 0) is 27.6 Å². The number of benzene rings is 2. The number of nitrogens with one attached hydrogen (secondary N) is 1. The lowest BCUT2D eigenvalue weighted by Gasteiger charge is -1.95. The lowest BCUT2D eigenvalue weighted by atomic mass is 10.1. The molecule has 0 bridgehead atoms. The van der Waals surface area contributed by atoms with Crippen molar-refractivity contribution in [3.63, 3.8) is 0 Å². The van der Waals surface area contributed by atoms with E-state index in [0.29, 0.717) is 10.9 Å². The van der Waals surface area contributed by atoms with Gasteiger partial charge < -0.3 is 10.1 Å². The van der Waals surface area contributed by atoms with E-state index in [1.54, 1.807) is 6.07 Å². The fourth-order valence-corrected chi connectivity index (χ4v) is 2.63. The molecule has 5 nitrogen and oxygen atoms in total. The van der Waals surface area contributed by atoms with E-state index in [4.69, 9.17) is 0 Å². The Morgan fingerprint density at radius 1 is 1.14 bits per heavy atom. The van der Waals surface area contributed by atoms with Crippen molar-refractivity contribution in [2.24, 2.45) is 10.2 Å². The zero-order valence-electron chi connectivity index (χ0n) is 11.5. The van der Waals surface area contributed by atoms with Gasteiger partial charge in [-0.3, -0.25) is 4.79 Å². The highest BCUT2D eigenvalue weighted by Gasteiger charge is 2.12. The Labute approximate surface area is 134 Å². The van der Waals surface area contributed by atoms with Crippen LogP contribution in [0, 0.1) is 0 Å². The highest BCUT2D eigenvalue weighted by molar-refractivity contribution is 9.10. The van der Waals surface area contributed by atoms with Crippen molar-refractivity contribution in [1.82, 2.24) is 4.98 Å². The van der Waals surface area contributed by atoms with E-state index in [9.17, 15) is 9.90 Å². The summed E-state index contributed by atoms with van der Waals surface area (Å²) in [6.45, 7) is 0. The van der Waals surface area contributed by atoms with Crippen molar-refractivity contribution < 1.29 is 9.90 Å². The molecule has 0 atom stereocenters. The molecule has 0 saturated carbocycles. The summed E-state index contributed by atoms with van der Waals surface area (Å²) in [5, 5.41) is 18.2. The van der Waals surface area contributed by atoms with Gasteiger partial charge in [0, 0.05) is 9.86 Å². The van der Waals surface area contributed by atoms with Crippen molar-refractivity contribution in [3.05, 3.63) is 58.6 Å². The molecule has 1 heterocycles. The molecule has 22 heavy (non-hydrogen) atoms. The summed E-state index contributed by atoms with van der Waals surface area (Å²) < 4.78 is 0.803. The molecule has 0 spiro atoms. The van der Waals surface area contributed by atoms with E-state index >= 15 is 0 Å². The number of H-pyrrole nitrogens is 1. The third-order valence-electron chi connectivity index (χ3n) is 3.20. The topological polar surface area (TPSA) is 77.8 Å².